The van der Waals surface area contributed by atoms with E-state index in [1.807, 2.05) is 6.08 Å². The number of carbonyl (C=O) groups is 1. The Morgan fingerprint density at radius 3 is 1.08 bits per heavy atom. The van der Waals surface area contributed by atoms with Crippen molar-refractivity contribution in [3.63, 3.8) is 0 Å². The van der Waals surface area contributed by atoms with Crippen molar-refractivity contribution in [1.82, 2.24) is 5.32 Å². The van der Waals surface area contributed by atoms with Crippen LogP contribution in [0.2, 0.25) is 0 Å². The zero-order valence-electron chi connectivity index (χ0n) is 41.4. The van der Waals surface area contributed by atoms with E-state index in [1.54, 1.807) is 6.08 Å². The SMILES string of the molecule is CCCCC/C=C/CC/C=C/CC/C=C/C(O)C(CO)NC(=O)CCCCCCCCCCCCCCCCCCCCCCCC/C=C\C/C=C\C/C=C\CCCCCCC. The second-order valence-corrected chi connectivity index (χ2v) is 18.3. The normalized spacial score (nSPS) is 13.4. The Kier molecular flexibility index (Phi) is 51.3. The van der Waals surface area contributed by atoms with Crippen LogP contribution in [0.4, 0.5) is 0 Å². The lowest BCUT2D eigenvalue weighted by atomic mass is 10.0. The van der Waals surface area contributed by atoms with Gasteiger partial charge < -0.3 is 15.5 Å². The van der Waals surface area contributed by atoms with Gasteiger partial charge in [0, 0.05) is 6.42 Å². The highest BCUT2D eigenvalue weighted by molar-refractivity contribution is 5.76. The summed E-state index contributed by atoms with van der Waals surface area (Å²) in [4.78, 5) is 12.4. The second-order valence-electron chi connectivity index (χ2n) is 18.3. The molecule has 0 aliphatic heterocycles. The minimum atomic E-state index is -0.870. The Hall–Kier alpha value is -2.17. The Bertz CT molecular complexity index is 1070. The Morgan fingerprint density at radius 1 is 0.387 bits per heavy atom. The molecule has 360 valence electrons. The summed E-state index contributed by atoms with van der Waals surface area (Å²) in [6.07, 6.45) is 76.4. The van der Waals surface area contributed by atoms with E-state index >= 15 is 0 Å². The fourth-order valence-electron chi connectivity index (χ4n) is 7.98. The van der Waals surface area contributed by atoms with Crippen molar-refractivity contribution in [3.05, 3.63) is 72.9 Å². The third kappa shape index (κ3) is 48.9. The van der Waals surface area contributed by atoms with Crippen molar-refractivity contribution in [1.29, 1.82) is 0 Å². The Balaban J connectivity index is 3.45. The summed E-state index contributed by atoms with van der Waals surface area (Å²) in [5.41, 5.74) is 0. The van der Waals surface area contributed by atoms with Crippen LogP contribution < -0.4 is 5.32 Å². The van der Waals surface area contributed by atoms with Crippen molar-refractivity contribution in [2.24, 2.45) is 0 Å². The molecule has 3 N–H and O–H groups in total. The predicted molar refractivity (Wildman–Crippen MR) is 276 cm³/mol. The van der Waals surface area contributed by atoms with Crippen molar-refractivity contribution >= 4 is 5.91 Å². The van der Waals surface area contributed by atoms with Crippen molar-refractivity contribution < 1.29 is 15.0 Å². The summed E-state index contributed by atoms with van der Waals surface area (Å²) in [6.45, 7) is 4.25. The number of unbranched alkanes of at least 4 members (excludes halogenated alkanes) is 32. The maximum absolute atomic E-state index is 12.4. The number of hydrogen-bond acceptors (Lipinski definition) is 3. The van der Waals surface area contributed by atoms with Crippen LogP contribution in [-0.2, 0) is 4.79 Å². The van der Waals surface area contributed by atoms with Crippen LogP contribution in [0.25, 0.3) is 0 Å². The van der Waals surface area contributed by atoms with Crippen LogP contribution in [0.15, 0.2) is 72.9 Å². The molecule has 0 aromatic rings. The lowest BCUT2D eigenvalue weighted by molar-refractivity contribution is -0.123. The fraction of sp³-hybridized carbons (Fsp3) is 0.776. The van der Waals surface area contributed by atoms with Gasteiger partial charge in [-0.1, -0.05) is 254 Å². The van der Waals surface area contributed by atoms with E-state index in [-0.39, 0.29) is 12.5 Å². The first-order valence-electron chi connectivity index (χ1n) is 27.2. The van der Waals surface area contributed by atoms with E-state index in [2.05, 4.69) is 79.9 Å². The zero-order valence-corrected chi connectivity index (χ0v) is 41.4. The minimum absolute atomic E-state index is 0.0775. The first-order valence-corrected chi connectivity index (χ1v) is 27.2. The number of carbonyl (C=O) groups excluding carboxylic acids is 1. The molecule has 62 heavy (non-hydrogen) atoms. The lowest BCUT2D eigenvalue weighted by Gasteiger charge is -2.19. The average Bonchev–Trinajstić information content (AvgIpc) is 3.28. The van der Waals surface area contributed by atoms with Gasteiger partial charge in [-0.05, 0) is 83.5 Å². The highest BCUT2D eigenvalue weighted by Crippen LogP contribution is 2.16. The van der Waals surface area contributed by atoms with Crippen LogP contribution >= 0.6 is 0 Å². The van der Waals surface area contributed by atoms with Gasteiger partial charge in [0.1, 0.15) is 0 Å². The van der Waals surface area contributed by atoms with Gasteiger partial charge in [0.25, 0.3) is 0 Å². The summed E-state index contributed by atoms with van der Waals surface area (Å²) >= 11 is 0. The van der Waals surface area contributed by atoms with Gasteiger partial charge in [0.2, 0.25) is 5.91 Å². The molecule has 0 rings (SSSR count). The summed E-state index contributed by atoms with van der Waals surface area (Å²) < 4.78 is 0. The number of hydrogen-bond donors (Lipinski definition) is 3. The van der Waals surface area contributed by atoms with Gasteiger partial charge in [-0.3, -0.25) is 4.79 Å². The Labute approximate surface area is 387 Å². The van der Waals surface area contributed by atoms with E-state index in [9.17, 15) is 15.0 Å². The van der Waals surface area contributed by atoms with Crippen LogP contribution in [0.3, 0.4) is 0 Å². The highest BCUT2D eigenvalue weighted by atomic mass is 16.3. The molecule has 0 radical (unpaired) electrons. The third-order valence-electron chi connectivity index (χ3n) is 12.1. The maximum Gasteiger partial charge on any atom is 0.220 e. The monoisotopic (exact) mass is 864 g/mol. The smallest absolute Gasteiger partial charge is 0.220 e. The van der Waals surface area contributed by atoms with Crippen LogP contribution in [0, 0.1) is 0 Å². The predicted octanol–water partition coefficient (Wildman–Crippen LogP) is 17.8. The summed E-state index contributed by atoms with van der Waals surface area (Å²) in [6, 6.07) is -0.645. The van der Waals surface area contributed by atoms with Crippen molar-refractivity contribution in [2.45, 2.75) is 283 Å². The molecule has 0 bridgehead atoms. The summed E-state index contributed by atoms with van der Waals surface area (Å²) in [7, 11) is 0. The molecule has 0 spiro atoms. The van der Waals surface area contributed by atoms with Crippen molar-refractivity contribution in [3.8, 4) is 0 Å². The molecule has 2 unspecified atom stereocenters. The maximum atomic E-state index is 12.4. The number of aliphatic hydroxyl groups excluding tert-OH is 2. The standard InChI is InChI=1S/C58H105NO3/c1-3-5-7-9-11-13-15-17-18-19-20-21-22-23-24-25-26-27-28-29-30-31-32-33-34-35-36-37-38-39-40-42-44-46-48-50-52-54-58(62)59-56(55-60)57(61)53-51-49-47-45-43-41-16-14-12-10-8-6-4-2/h12,14-15,17,19-20,22-23,43,45,51,53,56-57,60-61H,3-11,13,16,18,21,24-42,44,46-50,52,54-55H2,1-2H3,(H,59,62)/b14-12+,17-15-,20-19-,23-22-,45-43+,53-51+. The number of allylic oxidation sites excluding steroid dienone is 11. The van der Waals surface area contributed by atoms with Gasteiger partial charge in [-0.2, -0.15) is 0 Å². The molecule has 4 heteroatoms. The number of amides is 1. The first-order chi connectivity index (χ1) is 30.7. The summed E-state index contributed by atoms with van der Waals surface area (Å²) in [5.74, 6) is -0.0775. The molecule has 0 saturated carbocycles. The second kappa shape index (κ2) is 53.2. The molecule has 0 fully saturated rings. The van der Waals surface area contributed by atoms with E-state index < -0.39 is 12.1 Å². The number of aliphatic hydroxyl groups is 2. The average molecular weight is 864 g/mol. The topological polar surface area (TPSA) is 69.6 Å². The molecule has 4 nitrogen and oxygen atoms in total. The van der Waals surface area contributed by atoms with Gasteiger partial charge >= 0.3 is 0 Å². The van der Waals surface area contributed by atoms with Crippen LogP contribution in [-0.4, -0.2) is 34.9 Å². The van der Waals surface area contributed by atoms with Gasteiger partial charge in [-0.15, -0.1) is 0 Å². The summed E-state index contributed by atoms with van der Waals surface area (Å²) in [5, 5.41) is 23.0. The zero-order chi connectivity index (χ0) is 44.9. The van der Waals surface area contributed by atoms with Crippen LogP contribution in [0.5, 0.6) is 0 Å². The molecule has 0 aromatic heterocycles. The quantitative estimate of drug-likeness (QED) is 0.0421. The Morgan fingerprint density at radius 2 is 0.677 bits per heavy atom. The van der Waals surface area contributed by atoms with E-state index in [1.165, 1.54) is 199 Å². The fourth-order valence-corrected chi connectivity index (χ4v) is 7.98. The molecule has 0 heterocycles. The van der Waals surface area contributed by atoms with E-state index in [0.29, 0.717) is 6.42 Å². The molecular weight excluding hydrogens is 759 g/mol. The molecule has 0 saturated heterocycles. The first kappa shape index (κ1) is 59.8. The number of rotatable bonds is 49. The molecule has 1 amide bonds. The third-order valence-corrected chi connectivity index (χ3v) is 12.1. The lowest BCUT2D eigenvalue weighted by Crippen LogP contribution is -2.45. The van der Waals surface area contributed by atoms with Crippen molar-refractivity contribution in [2.75, 3.05) is 6.61 Å². The largest absolute Gasteiger partial charge is 0.394 e. The molecule has 0 aliphatic rings. The van der Waals surface area contributed by atoms with Gasteiger partial charge in [0.15, 0.2) is 0 Å². The van der Waals surface area contributed by atoms with Gasteiger partial charge in [0.05, 0.1) is 18.8 Å². The highest BCUT2D eigenvalue weighted by Gasteiger charge is 2.17. The minimum Gasteiger partial charge on any atom is -0.394 e. The van der Waals surface area contributed by atoms with Crippen LogP contribution in [0.1, 0.15) is 271 Å². The van der Waals surface area contributed by atoms with Gasteiger partial charge in [-0.25, -0.2) is 0 Å². The molecule has 2 atom stereocenters. The molecule has 0 aliphatic carbocycles. The van der Waals surface area contributed by atoms with E-state index in [0.717, 1.165) is 51.4 Å². The number of nitrogens with one attached hydrogen (secondary N) is 1. The molecular formula is C58H105NO3. The van der Waals surface area contributed by atoms with E-state index in [4.69, 9.17) is 0 Å². The molecule has 0 aromatic carbocycles.